The van der Waals surface area contributed by atoms with Crippen molar-refractivity contribution in [3.63, 3.8) is 0 Å². The Morgan fingerprint density at radius 3 is 2.33 bits per heavy atom. The number of ether oxygens (including phenoxy) is 1. The summed E-state index contributed by atoms with van der Waals surface area (Å²) in [6.45, 7) is 0. The van der Waals surface area contributed by atoms with Crippen LogP contribution >= 0.6 is 0 Å². The minimum absolute atomic E-state index is 0.0855. The van der Waals surface area contributed by atoms with E-state index in [-0.39, 0.29) is 5.78 Å². The molecule has 0 radical (unpaired) electrons. The van der Waals surface area contributed by atoms with E-state index < -0.39 is 5.97 Å². The van der Waals surface area contributed by atoms with Gasteiger partial charge in [-0.05, 0) is 36.4 Å². The molecule has 0 fully saturated rings. The molecule has 0 saturated carbocycles. The van der Waals surface area contributed by atoms with Crippen molar-refractivity contribution in [3.8, 4) is 0 Å². The molecule has 0 bridgehead atoms. The Labute approximate surface area is 121 Å². The molecule has 0 spiro atoms. The van der Waals surface area contributed by atoms with E-state index in [2.05, 4.69) is 4.74 Å². The first-order valence-corrected chi connectivity index (χ1v) is 6.50. The summed E-state index contributed by atoms with van der Waals surface area (Å²) in [6.07, 6.45) is 1.85. The number of hydrogen-bond donors (Lipinski definition) is 0. The van der Waals surface area contributed by atoms with Crippen LogP contribution in [0.3, 0.4) is 0 Å². The van der Waals surface area contributed by atoms with E-state index in [4.69, 9.17) is 0 Å². The lowest BCUT2D eigenvalue weighted by Gasteiger charge is -2.04. The van der Waals surface area contributed by atoms with E-state index in [0.29, 0.717) is 16.8 Å². The Hall–Kier alpha value is -2.88. The van der Waals surface area contributed by atoms with Gasteiger partial charge in [0.1, 0.15) is 0 Å². The zero-order valence-corrected chi connectivity index (χ0v) is 11.4. The van der Waals surface area contributed by atoms with Crippen LogP contribution in [0.25, 0.3) is 5.52 Å². The monoisotopic (exact) mass is 279 g/mol. The Kier molecular flexibility index (Phi) is 3.28. The third-order valence-corrected chi connectivity index (χ3v) is 3.36. The molecule has 104 valence electrons. The average molecular weight is 279 g/mol. The van der Waals surface area contributed by atoms with E-state index in [0.717, 1.165) is 5.52 Å². The number of benzene rings is 1. The van der Waals surface area contributed by atoms with Crippen LogP contribution in [0.2, 0.25) is 0 Å². The van der Waals surface area contributed by atoms with Gasteiger partial charge in [0.15, 0.2) is 0 Å². The molecule has 3 aromatic rings. The lowest BCUT2D eigenvalue weighted by Crippen LogP contribution is -2.06. The molecule has 0 amide bonds. The Balaban J connectivity index is 1.97. The average Bonchev–Trinajstić information content (AvgIpc) is 2.97. The second-order valence-electron chi connectivity index (χ2n) is 4.61. The van der Waals surface area contributed by atoms with Gasteiger partial charge in [-0.3, -0.25) is 4.79 Å². The van der Waals surface area contributed by atoms with Crippen molar-refractivity contribution >= 4 is 17.3 Å². The van der Waals surface area contributed by atoms with Gasteiger partial charge in [-0.2, -0.15) is 0 Å². The highest BCUT2D eigenvalue weighted by molar-refractivity contribution is 6.09. The summed E-state index contributed by atoms with van der Waals surface area (Å²) in [5.74, 6) is -0.500. The van der Waals surface area contributed by atoms with Gasteiger partial charge in [0.2, 0.25) is 5.78 Å². The third-order valence-electron chi connectivity index (χ3n) is 3.36. The fourth-order valence-electron chi connectivity index (χ4n) is 2.26. The van der Waals surface area contributed by atoms with Gasteiger partial charge in [0.25, 0.3) is 0 Å². The normalized spacial score (nSPS) is 10.5. The van der Waals surface area contributed by atoms with Crippen LogP contribution in [0.5, 0.6) is 0 Å². The van der Waals surface area contributed by atoms with E-state index in [1.807, 2.05) is 34.9 Å². The number of hydrogen-bond acceptors (Lipinski definition) is 3. The number of carbonyl (C=O) groups excluding carboxylic acids is 2. The van der Waals surface area contributed by atoms with Gasteiger partial charge in [0, 0.05) is 17.3 Å². The SMILES string of the molecule is COC(=O)c1ccc(C(=O)c2ccc3ccccn23)cc1. The van der Waals surface area contributed by atoms with Crippen LogP contribution < -0.4 is 0 Å². The van der Waals surface area contributed by atoms with E-state index in [1.54, 1.807) is 30.3 Å². The molecule has 0 unspecified atom stereocenters. The minimum Gasteiger partial charge on any atom is -0.465 e. The maximum atomic E-state index is 12.5. The van der Waals surface area contributed by atoms with Crippen molar-refractivity contribution in [1.82, 2.24) is 4.40 Å². The smallest absolute Gasteiger partial charge is 0.337 e. The molecule has 2 heterocycles. The van der Waals surface area contributed by atoms with Crippen molar-refractivity contribution in [3.05, 3.63) is 77.6 Å². The molecule has 4 nitrogen and oxygen atoms in total. The van der Waals surface area contributed by atoms with Crippen molar-refractivity contribution in [1.29, 1.82) is 0 Å². The lowest BCUT2D eigenvalue weighted by atomic mass is 10.1. The van der Waals surface area contributed by atoms with Crippen molar-refractivity contribution in [2.45, 2.75) is 0 Å². The molecule has 0 atom stereocenters. The molecule has 2 aromatic heterocycles. The van der Waals surface area contributed by atoms with Gasteiger partial charge in [-0.25, -0.2) is 4.79 Å². The Morgan fingerprint density at radius 2 is 1.62 bits per heavy atom. The van der Waals surface area contributed by atoms with Gasteiger partial charge in [-0.15, -0.1) is 0 Å². The van der Waals surface area contributed by atoms with Gasteiger partial charge < -0.3 is 9.14 Å². The van der Waals surface area contributed by atoms with Gasteiger partial charge in [-0.1, -0.05) is 18.2 Å². The molecular formula is C17H13NO3. The number of nitrogens with zero attached hydrogens (tertiary/aromatic N) is 1. The fourth-order valence-corrected chi connectivity index (χ4v) is 2.26. The lowest BCUT2D eigenvalue weighted by molar-refractivity contribution is 0.0600. The van der Waals surface area contributed by atoms with Crippen molar-refractivity contribution in [2.24, 2.45) is 0 Å². The topological polar surface area (TPSA) is 47.8 Å². The van der Waals surface area contributed by atoms with E-state index in [9.17, 15) is 9.59 Å². The standard InChI is InChI=1S/C17H13NO3/c1-21-17(20)13-7-5-12(6-8-13)16(19)15-10-9-14-4-2-3-11-18(14)15/h2-11H,1H3. The maximum absolute atomic E-state index is 12.5. The van der Waals surface area contributed by atoms with Crippen LogP contribution in [0.15, 0.2) is 60.8 Å². The van der Waals surface area contributed by atoms with Crippen LogP contribution in [0, 0.1) is 0 Å². The first kappa shape index (κ1) is 13.1. The fraction of sp³-hybridized carbons (Fsp3) is 0.0588. The van der Waals surface area contributed by atoms with Gasteiger partial charge in [0.05, 0.1) is 18.4 Å². The molecular weight excluding hydrogens is 266 g/mol. The summed E-state index contributed by atoms with van der Waals surface area (Å²) in [4.78, 5) is 23.9. The molecule has 21 heavy (non-hydrogen) atoms. The number of carbonyl (C=O) groups is 2. The predicted octanol–water partition coefficient (Wildman–Crippen LogP) is 2.96. The molecule has 0 N–H and O–H groups in total. The number of aromatic nitrogens is 1. The molecule has 4 heteroatoms. The second kappa shape index (κ2) is 5.25. The summed E-state index contributed by atoms with van der Waals surface area (Å²) in [7, 11) is 1.33. The molecule has 0 saturated heterocycles. The highest BCUT2D eigenvalue weighted by Gasteiger charge is 2.14. The van der Waals surface area contributed by atoms with Crippen LogP contribution in [0.1, 0.15) is 26.4 Å². The summed E-state index contributed by atoms with van der Waals surface area (Å²) >= 11 is 0. The molecule has 3 rings (SSSR count). The maximum Gasteiger partial charge on any atom is 0.337 e. The van der Waals surface area contributed by atoms with Crippen LogP contribution in [0.4, 0.5) is 0 Å². The minimum atomic E-state index is -0.415. The number of rotatable bonds is 3. The molecule has 0 aliphatic carbocycles. The largest absolute Gasteiger partial charge is 0.465 e. The molecule has 0 aliphatic heterocycles. The van der Waals surface area contributed by atoms with Crippen molar-refractivity contribution in [2.75, 3.05) is 7.11 Å². The number of ketones is 1. The summed E-state index contributed by atoms with van der Waals surface area (Å²) < 4.78 is 6.48. The second-order valence-corrected chi connectivity index (χ2v) is 4.61. The number of esters is 1. The zero-order chi connectivity index (χ0) is 14.8. The zero-order valence-electron chi connectivity index (χ0n) is 11.4. The molecule has 1 aromatic carbocycles. The summed E-state index contributed by atoms with van der Waals surface area (Å²) in [5.41, 5.74) is 2.52. The van der Waals surface area contributed by atoms with E-state index >= 15 is 0 Å². The Morgan fingerprint density at radius 1 is 0.905 bits per heavy atom. The number of fused-ring (bicyclic) bond motifs is 1. The third kappa shape index (κ3) is 2.31. The van der Waals surface area contributed by atoms with Crippen LogP contribution in [-0.4, -0.2) is 23.3 Å². The molecule has 0 aliphatic rings. The first-order valence-electron chi connectivity index (χ1n) is 6.50. The number of methoxy groups -OCH3 is 1. The van der Waals surface area contributed by atoms with Gasteiger partial charge >= 0.3 is 5.97 Å². The van der Waals surface area contributed by atoms with Crippen molar-refractivity contribution < 1.29 is 14.3 Å². The first-order chi connectivity index (χ1) is 10.2. The summed E-state index contributed by atoms with van der Waals surface area (Å²) in [5, 5.41) is 0. The van der Waals surface area contributed by atoms with E-state index in [1.165, 1.54) is 7.11 Å². The Bertz CT molecular complexity index is 815. The highest BCUT2D eigenvalue weighted by atomic mass is 16.5. The predicted molar refractivity (Wildman–Crippen MR) is 78.6 cm³/mol. The van der Waals surface area contributed by atoms with Crippen LogP contribution in [-0.2, 0) is 4.74 Å². The number of pyridine rings is 1. The quantitative estimate of drug-likeness (QED) is 0.547. The summed E-state index contributed by atoms with van der Waals surface area (Å²) in [6, 6.07) is 15.9. The highest BCUT2D eigenvalue weighted by Crippen LogP contribution is 2.15.